The molecule has 38 heavy (non-hydrogen) atoms. The summed E-state index contributed by atoms with van der Waals surface area (Å²) in [7, 11) is 0. The van der Waals surface area contributed by atoms with E-state index < -0.39 is 5.60 Å². The summed E-state index contributed by atoms with van der Waals surface area (Å²) in [5, 5.41) is 12.3. The molecule has 3 heteroatoms. The van der Waals surface area contributed by atoms with Crippen LogP contribution in [-0.2, 0) is 24.4 Å². The van der Waals surface area contributed by atoms with Gasteiger partial charge in [0.2, 0.25) is 0 Å². The SMILES string of the molecule is CC[C@]1(O)C[C@]2(CC)C[C@H](OCc3ccccc3)C[C@H]2[C@@H]2CCc3cc(OCc4ccccc4)ccc3[C@H]21. The maximum Gasteiger partial charge on any atom is 0.120 e. The number of benzene rings is 3. The van der Waals surface area contributed by atoms with Crippen molar-refractivity contribution in [1.82, 2.24) is 0 Å². The van der Waals surface area contributed by atoms with E-state index in [4.69, 9.17) is 9.47 Å². The van der Waals surface area contributed by atoms with Gasteiger partial charge in [0.15, 0.2) is 0 Å². The zero-order chi connectivity index (χ0) is 26.2. The number of ether oxygens (including phenoxy) is 2. The molecule has 0 aromatic heterocycles. The normalized spacial score (nSPS) is 31.8. The second-order valence-corrected chi connectivity index (χ2v) is 12.1. The van der Waals surface area contributed by atoms with Gasteiger partial charge in [-0.25, -0.2) is 0 Å². The summed E-state index contributed by atoms with van der Waals surface area (Å²) < 4.78 is 12.7. The first kappa shape index (κ1) is 25.6. The van der Waals surface area contributed by atoms with E-state index in [2.05, 4.69) is 86.6 Å². The summed E-state index contributed by atoms with van der Waals surface area (Å²) in [4.78, 5) is 0. The van der Waals surface area contributed by atoms with Gasteiger partial charge < -0.3 is 14.6 Å². The van der Waals surface area contributed by atoms with Gasteiger partial charge >= 0.3 is 0 Å². The zero-order valence-corrected chi connectivity index (χ0v) is 22.9. The molecule has 2 fully saturated rings. The van der Waals surface area contributed by atoms with Crippen LogP contribution in [0.25, 0.3) is 0 Å². The van der Waals surface area contributed by atoms with Gasteiger partial charge in [-0.3, -0.25) is 0 Å². The summed E-state index contributed by atoms with van der Waals surface area (Å²) in [6.07, 6.45) is 7.47. The van der Waals surface area contributed by atoms with Crippen molar-refractivity contribution < 1.29 is 14.6 Å². The first-order chi connectivity index (χ1) is 18.5. The fourth-order valence-corrected chi connectivity index (χ4v) is 8.34. The molecule has 0 heterocycles. The van der Waals surface area contributed by atoms with E-state index in [1.807, 2.05) is 6.07 Å². The Kier molecular flexibility index (Phi) is 7.09. The quantitative estimate of drug-likeness (QED) is 0.335. The Bertz CT molecular complexity index is 1220. The fourth-order valence-electron chi connectivity index (χ4n) is 8.34. The molecule has 2 saturated carbocycles. The number of fused-ring (bicyclic) bond motifs is 5. The molecule has 0 amide bonds. The number of rotatable bonds is 8. The number of aryl methyl sites for hydroxylation is 1. The van der Waals surface area contributed by atoms with E-state index in [-0.39, 0.29) is 17.4 Å². The van der Waals surface area contributed by atoms with Crippen molar-refractivity contribution in [2.24, 2.45) is 17.3 Å². The lowest BCUT2D eigenvalue weighted by Gasteiger charge is -2.57. The van der Waals surface area contributed by atoms with Crippen LogP contribution in [0.5, 0.6) is 5.75 Å². The van der Waals surface area contributed by atoms with Gasteiger partial charge in [0.05, 0.1) is 18.3 Å². The lowest BCUT2D eigenvalue weighted by atomic mass is 9.49. The second-order valence-electron chi connectivity index (χ2n) is 12.1. The Hall–Kier alpha value is -2.62. The predicted octanol–water partition coefficient (Wildman–Crippen LogP) is 7.85. The van der Waals surface area contributed by atoms with Crippen LogP contribution in [0.3, 0.4) is 0 Å². The summed E-state index contributed by atoms with van der Waals surface area (Å²) >= 11 is 0. The minimum Gasteiger partial charge on any atom is -0.489 e. The van der Waals surface area contributed by atoms with Crippen LogP contribution in [0.15, 0.2) is 78.9 Å². The highest BCUT2D eigenvalue weighted by atomic mass is 16.5. The topological polar surface area (TPSA) is 38.7 Å². The molecule has 0 unspecified atom stereocenters. The second kappa shape index (κ2) is 10.5. The summed E-state index contributed by atoms with van der Waals surface area (Å²) in [6.45, 7) is 5.79. The van der Waals surface area contributed by atoms with Crippen molar-refractivity contribution in [2.75, 3.05) is 0 Å². The van der Waals surface area contributed by atoms with Crippen molar-refractivity contribution in [3.63, 3.8) is 0 Å². The molecule has 0 saturated heterocycles. The van der Waals surface area contributed by atoms with Gasteiger partial charge in [-0.1, -0.05) is 80.6 Å². The Morgan fingerprint density at radius 1 is 0.868 bits per heavy atom. The van der Waals surface area contributed by atoms with E-state index in [1.165, 1.54) is 22.3 Å². The van der Waals surface area contributed by atoms with Crippen LogP contribution in [0.1, 0.15) is 80.5 Å². The van der Waals surface area contributed by atoms with Crippen molar-refractivity contribution in [3.8, 4) is 5.75 Å². The molecule has 3 aromatic carbocycles. The standard InChI is InChI=1S/C35H42O3/c1-3-34-21-29(38-23-26-13-9-6-10-14-26)20-32(34)31-17-15-27-19-28(37-22-25-11-7-5-8-12-25)16-18-30(27)33(31)35(36,4-2)24-34/h5-14,16,18-19,29,31-33,36H,3-4,15,17,20-24H2,1-2H3/t29-,31+,32+,33-,34+,35+/m1/s1. The van der Waals surface area contributed by atoms with E-state index >= 15 is 0 Å². The Morgan fingerprint density at radius 2 is 1.58 bits per heavy atom. The van der Waals surface area contributed by atoms with Gasteiger partial charge in [-0.05, 0) is 96.6 Å². The molecule has 0 aliphatic heterocycles. The Balaban J connectivity index is 1.24. The molecule has 3 aromatic rings. The average molecular weight is 511 g/mol. The lowest BCUT2D eigenvalue weighted by molar-refractivity contribution is -0.123. The lowest BCUT2D eigenvalue weighted by Crippen LogP contribution is -2.55. The van der Waals surface area contributed by atoms with E-state index in [0.717, 1.165) is 50.7 Å². The first-order valence-corrected chi connectivity index (χ1v) is 14.7. The van der Waals surface area contributed by atoms with Crippen molar-refractivity contribution >= 4 is 0 Å². The number of hydrogen-bond donors (Lipinski definition) is 1. The van der Waals surface area contributed by atoms with Gasteiger partial charge in [-0.15, -0.1) is 0 Å². The molecule has 200 valence electrons. The molecular formula is C35H42O3. The molecule has 3 nitrogen and oxygen atoms in total. The molecular weight excluding hydrogens is 468 g/mol. The Labute approximate surface area is 228 Å². The van der Waals surface area contributed by atoms with Gasteiger partial charge in [0, 0.05) is 5.92 Å². The van der Waals surface area contributed by atoms with Crippen molar-refractivity contribution in [1.29, 1.82) is 0 Å². The zero-order valence-electron chi connectivity index (χ0n) is 22.9. The van der Waals surface area contributed by atoms with Crippen LogP contribution < -0.4 is 4.74 Å². The molecule has 0 radical (unpaired) electrons. The maximum absolute atomic E-state index is 12.3. The number of hydrogen-bond acceptors (Lipinski definition) is 3. The van der Waals surface area contributed by atoms with E-state index in [9.17, 15) is 5.11 Å². The molecule has 3 aliphatic carbocycles. The Morgan fingerprint density at radius 3 is 2.26 bits per heavy atom. The van der Waals surface area contributed by atoms with Crippen molar-refractivity contribution in [2.45, 2.75) is 89.6 Å². The molecule has 1 N–H and O–H groups in total. The van der Waals surface area contributed by atoms with Crippen LogP contribution in [0.4, 0.5) is 0 Å². The summed E-state index contributed by atoms with van der Waals surface area (Å²) in [5.41, 5.74) is 4.64. The van der Waals surface area contributed by atoms with Gasteiger partial charge in [0.1, 0.15) is 12.4 Å². The third-order valence-electron chi connectivity index (χ3n) is 10.2. The van der Waals surface area contributed by atoms with Crippen LogP contribution in [-0.4, -0.2) is 16.8 Å². The predicted molar refractivity (Wildman–Crippen MR) is 152 cm³/mol. The monoisotopic (exact) mass is 510 g/mol. The highest BCUT2D eigenvalue weighted by molar-refractivity contribution is 5.43. The smallest absolute Gasteiger partial charge is 0.120 e. The first-order valence-electron chi connectivity index (χ1n) is 14.7. The van der Waals surface area contributed by atoms with Crippen LogP contribution >= 0.6 is 0 Å². The minimum absolute atomic E-state index is 0.170. The highest BCUT2D eigenvalue weighted by Gasteiger charge is 2.62. The maximum atomic E-state index is 12.3. The van der Waals surface area contributed by atoms with Gasteiger partial charge in [0.25, 0.3) is 0 Å². The molecule has 0 spiro atoms. The van der Waals surface area contributed by atoms with E-state index in [1.54, 1.807) is 0 Å². The van der Waals surface area contributed by atoms with Crippen LogP contribution in [0.2, 0.25) is 0 Å². The summed E-state index contributed by atoms with van der Waals surface area (Å²) in [5.74, 6) is 2.23. The largest absolute Gasteiger partial charge is 0.489 e. The molecule has 6 atom stereocenters. The molecule has 0 bridgehead atoms. The molecule has 3 aliphatic rings. The third kappa shape index (κ3) is 4.69. The number of aliphatic hydroxyl groups is 1. The summed E-state index contributed by atoms with van der Waals surface area (Å²) in [6, 6.07) is 27.5. The van der Waals surface area contributed by atoms with Crippen LogP contribution in [0, 0.1) is 17.3 Å². The molecule has 6 rings (SSSR count). The average Bonchev–Trinajstić information content (AvgIpc) is 3.34. The van der Waals surface area contributed by atoms with Gasteiger partial charge in [-0.2, -0.15) is 0 Å². The van der Waals surface area contributed by atoms with Crippen molar-refractivity contribution in [3.05, 3.63) is 101 Å². The fraction of sp³-hybridized carbons (Fsp3) is 0.486. The third-order valence-corrected chi connectivity index (χ3v) is 10.2. The minimum atomic E-state index is -0.674. The van der Waals surface area contributed by atoms with E-state index in [0.29, 0.717) is 25.0 Å². The highest BCUT2D eigenvalue weighted by Crippen LogP contribution is 2.66.